The zero-order chi connectivity index (χ0) is 13.9. The summed E-state index contributed by atoms with van der Waals surface area (Å²) in [6.45, 7) is 0.535. The number of hydrogen-bond acceptors (Lipinski definition) is 6. The number of thiazole rings is 1. The third-order valence-electron chi connectivity index (χ3n) is 3.50. The minimum Gasteiger partial charge on any atom is -0.463 e. The van der Waals surface area contributed by atoms with Crippen LogP contribution >= 0.6 is 11.3 Å². The minimum absolute atomic E-state index is 0.0822. The minimum atomic E-state index is -0.520. The Labute approximate surface area is 120 Å². The molecule has 0 unspecified atom stereocenters. The second kappa shape index (κ2) is 5.70. The normalized spacial score (nSPS) is 15.7. The number of carbonyl (C=O) groups excluding carboxylic acids is 1. The van der Waals surface area contributed by atoms with Crippen LogP contribution in [0.15, 0.2) is 11.7 Å². The van der Waals surface area contributed by atoms with Crippen molar-refractivity contribution < 1.29 is 9.53 Å². The summed E-state index contributed by atoms with van der Waals surface area (Å²) >= 11 is 1.72. The molecule has 0 bridgehead atoms. The third-order valence-corrected chi connectivity index (χ3v) is 4.56. The monoisotopic (exact) mass is 292 g/mol. The van der Waals surface area contributed by atoms with Gasteiger partial charge in [-0.3, -0.25) is 0 Å². The van der Waals surface area contributed by atoms with E-state index in [0.717, 1.165) is 5.69 Å². The molecule has 2 heterocycles. The van der Waals surface area contributed by atoms with Crippen molar-refractivity contribution >= 4 is 17.3 Å². The zero-order valence-electron chi connectivity index (χ0n) is 11.3. The molecule has 20 heavy (non-hydrogen) atoms. The van der Waals surface area contributed by atoms with Crippen LogP contribution in [0.1, 0.15) is 52.9 Å². The average Bonchev–Trinajstić information content (AvgIpc) is 3.19. The van der Waals surface area contributed by atoms with E-state index in [1.165, 1.54) is 44.1 Å². The predicted octanol–water partition coefficient (Wildman–Crippen LogP) is 2.23. The van der Waals surface area contributed by atoms with Crippen LogP contribution in [0.25, 0.3) is 0 Å². The van der Waals surface area contributed by atoms with Crippen molar-refractivity contribution in [2.24, 2.45) is 0 Å². The summed E-state index contributed by atoms with van der Waals surface area (Å²) in [7, 11) is 1.32. The molecule has 1 aliphatic rings. The van der Waals surface area contributed by atoms with Crippen LogP contribution in [0.5, 0.6) is 0 Å². The molecule has 1 aliphatic carbocycles. The Balaban J connectivity index is 1.68. The third kappa shape index (κ3) is 2.72. The Hall–Kier alpha value is -1.76. The first-order chi connectivity index (χ1) is 9.76. The predicted molar refractivity (Wildman–Crippen MR) is 73.8 cm³/mol. The van der Waals surface area contributed by atoms with E-state index in [-0.39, 0.29) is 5.82 Å². The maximum Gasteiger partial charge on any atom is 0.377 e. The summed E-state index contributed by atoms with van der Waals surface area (Å²) in [5.41, 5.74) is 0.971. The van der Waals surface area contributed by atoms with Gasteiger partial charge in [0.15, 0.2) is 0 Å². The van der Waals surface area contributed by atoms with Crippen molar-refractivity contribution in [3.05, 3.63) is 28.2 Å². The second-order valence-corrected chi connectivity index (χ2v) is 5.81. The molecule has 1 saturated carbocycles. The van der Waals surface area contributed by atoms with Gasteiger partial charge >= 0.3 is 5.97 Å². The van der Waals surface area contributed by atoms with E-state index in [1.54, 1.807) is 16.0 Å². The van der Waals surface area contributed by atoms with E-state index < -0.39 is 5.97 Å². The largest absolute Gasteiger partial charge is 0.463 e. The molecular weight excluding hydrogens is 276 g/mol. The zero-order valence-corrected chi connectivity index (χ0v) is 12.1. The molecule has 7 heteroatoms. The van der Waals surface area contributed by atoms with Gasteiger partial charge in [0, 0.05) is 11.3 Å². The van der Waals surface area contributed by atoms with Gasteiger partial charge < -0.3 is 4.74 Å². The fourth-order valence-electron chi connectivity index (χ4n) is 2.48. The van der Waals surface area contributed by atoms with E-state index in [1.807, 2.05) is 0 Å². The van der Waals surface area contributed by atoms with Crippen molar-refractivity contribution in [1.29, 1.82) is 0 Å². The van der Waals surface area contributed by atoms with Crippen LogP contribution in [-0.4, -0.2) is 32.8 Å². The van der Waals surface area contributed by atoms with Crippen molar-refractivity contribution in [1.82, 2.24) is 19.7 Å². The van der Waals surface area contributed by atoms with Gasteiger partial charge in [-0.25, -0.2) is 19.4 Å². The highest BCUT2D eigenvalue weighted by Crippen LogP contribution is 2.35. The fourth-order valence-corrected chi connectivity index (χ4v) is 3.46. The molecule has 0 aliphatic heterocycles. The Morgan fingerprint density at radius 1 is 1.50 bits per heavy atom. The van der Waals surface area contributed by atoms with Crippen LogP contribution in [-0.2, 0) is 11.3 Å². The van der Waals surface area contributed by atoms with E-state index in [9.17, 15) is 4.79 Å². The van der Waals surface area contributed by atoms with Crippen molar-refractivity contribution in [3.63, 3.8) is 0 Å². The Morgan fingerprint density at radius 3 is 3.05 bits per heavy atom. The summed E-state index contributed by atoms with van der Waals surface area (Å²) in [5.74, 6) is 0.197. The Morgan fingerprint density at radius 2 is 2.30 bits per heavy atom. The topological polar surface area (TPSA) is 69.9 Å². The molecule has 0 amide bonds. The molecule has 1 fully saturated rings. The summed E-state index contributed by atoms with van der Waals surface area (Å²) in [6, 6.07) is 0. The van der Waals surface area contributed by atoms with Crippen LogP contribution < -0.4 is 0 Å². The van der Waals surface area contributed by atoms with Gasteiger partial charge in [0.05, 0.1) is 24.4 Å². The average molecular weight is 292 g/mol. The Bertz CT molecular complexity index is 601. The fraction of sp³-hybridized carbons (Fsp3) is 0.538. The van der Waals surface area contributed by atoms with Crippen molar-refractivity contribution in [2.45, 2.75) is 38.1 Å². The van der Waals surface area contributed by atoms with E-state index in [0.29, 0.717) is 12.5 Å². The molecule has 0 N–H and O–H groups in total. The van der Waals surface area contributed by atoms with Gasteiger partial charge in [0.1, 0.15) is 6.33 Å². The molecule has 0 radical (unpaired) electrons. The maximum atomic E-state index is 11.3. The van der Waals surface area contributed by atoms with E-state index >= 15 is 0 Å². The smallest absolute Gasteiger partial charge is 0.377 e. The summed E-state index contributed by atoms with van der Waals surface area (Å²) in [5, 5.41) is 7.37. The number of nitrogens with zero attached hydrogens (tertiary/aromatic N) is 4. The molecule has 106 valence electrons. The lowest BCUT2D eigenvalue weighted by atomic mass is 10.1. The van der Waals surface area contributed by atoms with Crippen LogP contribution in [0.2, 0.25) is 0 Å². The highest BCUT2D eigenvalue weighted by atomic mass is 32.1. The number of hydrogen-bond donors (Lipinski definition) is 0. The molecule has 0 aromatic carbocycles. The lowest BCUT2D eigenvalue weighted by Crippen LogP contribution is -2.06. The van der Waals surface area contributed by atoms with Crippen LogP contribution in [0, 0.1) is 0 Å². The molecule has 0 spiro atoms. The standard InChI is InChI=1S/C13H16N4O2S/c1-19-13(18)11-14-8-17(16-11)6-10-7-20-12(15-10)9-4-2-3-5-9/h7-9H,2-6H2,1H3. The van der Waals surface area contributed by atoms with Gasteiger partial charge in [0.25, 0.3) is 5.82 Å². The lowest BCUT2D eigenvalue weighted by Gasteiger charge is -2.02. The molecule has 2 aromatic rings. The molecule has 2 aromatic heterocycles. The maximum absolute atomic E-state index is 11.3. The SMILES string of the molecule is COC(=O)c1ncn(Cc2csc(C3CCCC3)n2)n1. The number of esters is 1. The van der Waals surface area contributed by atoms with Crippen molar-refractivity contribution in [3.8, 4) is 0 Å². The highest BCUT2D eigenvalue weighted by molar-refractivity contribution is 7.09. The first-order valence-corrected chi connectivity index (χ1v) is 7.56. The first-order valence-electron chi connectivity index (χ1n) is 6.68. The van der Waals surface area contributed by atoms with Gasteiger partial charge in [-0.05, 0) is 12.8 Å². The summed E-state index contributed by atoms with van der Waals surface area (Å²) < 4.78 is 6.19. The van der Waals surface area contributed by atoms with Crippen molar-refractivity contribution in [2.75, 3.05) is 7.11 Å². The summed E-state index contributed by atoms with van der Waals surface area (Å²) in [6.07, 6.45) is 6.66. The molecule has 6 nitrogen and oxygen atoms in total. The Kier molecular flexibility index (Phi) is 3.77. The number of aromatic nitrogens is 4. The highest BCUT2D eigenvalue weighted by Gasteiger charge is 2.20. The van der Waals surface area contributed by atoms with Gasteiger partial charge in [0.2, 0.25) is 0 Å². The molecular formula is C13H16N4O2S. The summed E-state index contributed by atoms with van der Waals surface area (Å²) in [4.78, 5) is 19.9. The number of ether oxygens (including phenoxy) is 1. The molecule has 0 atom stereocenters. The van der Waals surface area contributed by atoms with Gasteiger partial charge in [-0.15, -0.1) is 16.4 Å². The number of rotatable bonds is 4. The molecule has 0 saturated heterocycles. The van der Waals surface area contributed by atoms with Crippen LogP contribution in [0.4, 0.5) is 0 Å². The van der Waals surface area contributed by atoms with Gasteiger partial charge in [-0.1, -0.05) is 12.8 Å². The number of carbonyl (C=O) groups is 1. The quantitative estimate of drug-likeness (QED) is 0.808. The van der Waals surface area contributed by atoms with Gasteiger partial charge in [-0.2, -0.15) is 0 Å². The number of methoxy groups -OCH3 is 1. The first kappa shape index (κ1) is 13.2. The molecule has 3 rings (SSSR count). The van der Waals surface area contributed by atoms with Crippen LogP contribution in [0.3, 0.4) is 0 Å². The second-order valence-electron chi connectivity index (χ2n) is 4.92. The van der Waals surface area contributed by atoms with E-state index in [2.05, 4.69) is 25.2 Å². The van der Waals surface area contributed by atoms with E-state index in [4.69, 9.17) is 0 Å². The lowest BCUT2D eigenvalue weighted by molar-refractivity contribution is 0.0586.